The summed E-state index contributed by atoms with van der Waals surface area (Å²) in [5.74, 6) is 0.0525. The Kier molecular flexibility index (Phi) is 6.58. The number of carbonyl (C=O) groups is 1. The number of aromatic nitrogens is 1. The highest BCUT2D eigenvalue weighted by Gasteiger charge is 2.18. The van der Waals surface area contributed by atoms with E-state index in [9.17, 15) is 13.2 Å². The molecule has 8 heteroatoms. The molecule has 2 aromatic carbocycles. The molecule has 2 N–H and O–H groups in total. The molecule has 3 rings (SSSR count). The van der Waals surface area contributed by atoms with Gasteiger partial charge in [0.25, 0.3) is 5.91 Å². The van der Waals surface area contributed by atoms with Crippen LogP contribution < -0.4 is 14.8 Å². The van der Waals surface area contributed by atoms with Gasteiger partial charge in [-0.15, -0.1) is 0 Å². The first-order valence-corrected chi connectivity index (χ1v) is 10.4. The molecule has 0 atom stereocenters. The number of para-hydroxylation sites is 1. The molecule has 7 nitrogen and oxygen atoms in total. The lowest BCUT2D eigenvalue weighted by Gasteiger charge is -2.11. The minimum Gasteiger partial charge on any atom is -0.495 e. The fourth-order valence-corrected chi connectivity index (χ4v) is 3.83. The molecular formula is C21H21N3O4S. The van der Waals surface area contributed by atoms with Crippen LogP contribution >= 0.6 is 0 Å². The fraction of sp³-hybridized carbons (Fsp3) is 0.143. The van der Waals surface area contributed by atoms with Crippen LogP contribution in [0.3, 0.4) is 0 Å². The fourth-order valence-electron chi connectivity index (χ4n) is 2.65. The topological polar surface area (TPSA) is 97.4 Å². The number of carbonyl (C=O) groups excluding carboxylic acids is 1. The van der Waals surface area contributed by atoms with Crippen LogP contribution in [0, 0.1) is 0 Å². The summed E-state index contributed by atoms with van der Waals surface area (Å²) in [5.41, 5.74) is 1.98. The number of nitrogens with one attached hydrogen (secondary N) is 2. The van der Waals surface area contributed by atoms with Crippen molar-refractivity contribution in [1.82, 2.24) is 15.0 Å². The average Bonchev–Trinajstić information content (AvgIpc) is 2.77. The van der Waals surface area contributed by atoms with Crippen LogP contribution in [0.5, 0.6) is 5.75 Å². The minimum absolute atomic E-state index is 0.0769. The number of rotatable bonds is 8. The van der Waals surface area contributed by atoms with E-state index in [-0.39, 0.29) is 23.1 Å². The number of nitrogens with zero attached hydrogens (tertiary/aromatic N) is 1. The van der Waals surface area contributed by atoms with Crippen molar-refractivity contribution < 1.29 is 17.9 Å². The molecular weight excluding hydrogens is 390 g/mol. The lowest BCUT2D eigenvalue weighted by Crippen LogP contribution is -2.24. The predicted octanol–water partition coefficient (Wildman–Crippen LogP) is 2.50. The first kappa shape index (κ1) is 20.5. The number of pyridine rings is 1. The second kappa shape index (κ2) is 9.31. The Hall–Kier alpha value is -3.23. The monoisotopic (exact) mass is 411 g/mol. The predicted molar refractivity (Wildman–Crippen MR) is 109 cm³/mol. The van der Waals surface area contributed by atoms with Gasteiger partial charge in [-0.25, -0.2) is 13.1 Å². The highest BCUT2D eigenvalue weighted by molar-refractivity contribution is 7.89. The summed E-state index contributed by atoms with van der Waals surface area (Å²) in [4.78, 5) is 16.5. The van der Waals surface area contributed by atoms with E-state index in [0.717, 1.165) is 11.3 Å². The van der Waals surface area contributed by atoms with E-state index in [2.05, 4.69) is 15.0 Å². The highest BCUT2D eigenvalue weighted by Crippen LogP contribution is 2.22. The summed E-state index contributed by atoms with van der Waals surface area (Å²) < 4.78 is 32.7. The number of ether oxygens (including phenoxy) is 1. The molecule has 1 heterocycles. The van der Waals surface area contributed by atoms with Crippen LogP contribution in [0.15, 0.2) is 77.8 Å². The van der Waals surface area contributed by atoms with E-state index in [0.29, 0.717) is 12.1 Å². The molecule has 1 amide bonds. The number of hydrogen-bond acceptors (Lipinski definition) is 5. The van der Waals surface area contributed by atoms with Crippen molar-refractivity contribution in [3.05, 3.63) is 89.7 Å². The van der Waals surface area contributed by atoms with E-state index in [1.165, 1.54) is 13.2 Å². The van der Waals surface area contributed by atoms with Crippen molar-refractivity contribution in [2.24, 2.45) is 0 Å². The average molecular weight is 411 g/mol. The maximum Gasteiger partial charge on any atom is 0.251 e. The normalized spacial score (nSPS) is 11.1. The molecule has 3 aromatic rings. The summed E-state index contributed by atoms with van der Waals surface area (Å²) in [6.07, 6.45) is 1.67. The molecule has 0 radical (unpaired) electrons. The van der Waals surface area contributed by atoms with Crippen LogP contribution in [-0.4, -0.2) is 26.4 Å². The second-order valence-corrected chi connectivity index (χ2v) is 7.91. The summed E-state index contributed by atoms with van der Waals surface area (Å²) in [6, 6.07) is 18.6. The molecule has 0 aliphatic heterocycles. The Morgan fingerprint density at radius 3 is 2.38 bits per heavy atom. The van der Waals surface area contributed by atoms with Crippen molar-refractivity contribution >= 4 is 15.9 Å². The maximum atomic E-state index is 12.5. The van der Waals surface area contributed by atoms with Gasteiger partial charge in [-0.2, -0.15) is 0 Å². The SMILES string of the molecule is COc1ccccc1S(=O)(=O)NCc1ccc(C(=O)NCc2ccccn2)cc1. The third-order valence-corrected chi connectivity index (χ3v) is 5.64. The molecule has 0 aliphatic rings. The first-order chi connectivity index (χ1) is 14.0. The second-order valence-electron chi connectivity index (χ2n) is 6.18. The van der Waals surface area contributed by atoms with Crippen molar-refractivity contribution in [3.8, 4) is 5.75 Å². The zero-order valence-electron chi connectivity index (χ0n) is 15.8. The van der Waals surface area contributed by atoms with Gasteiger partial charge in [0.05, 0.1) is 19.3 Å². The van der Waals surface area contributed by atoms with E-state index < -0.39 is 10.0 Å². The number of hydrogen-bond donors (Lipinski definition) is 2. The van der Waals surface area contributed by atoms with Crippen molar-refractivity contribution in [1.29, 1.82) is 0 Å². The van der Waals surface area contributed by atoms with E-state index in [1.54, 1.807) is 48.7 Å². The van der Waals surface area contributed by atoms with Gasteiger partial charge >= 0.3 is 0 Å². The zero-order valence-corrected chi connectivity index (χ0v) is 16.6. The largest absolute Gasteiger partial charge is 0.495 e. The van der Waals surface area contributed by atoms with Crippen LogP contribution in [0.4, 0.5) is 0 Å². The highest BCUT2D eigenvalue weighted by atomic mass is 32.2. The van der Waals surface area contributed by atoms with Gasteiger partial charge in [0.2, 0.25) is 10.0 Å². The summed E-state index contributed by atoms with van der Waals surface area (Å²) in [6.45, 7) is 0.427. The third kappa shape index (κ3) is 5.40. The van der Waals surface area contributed by atoms with E-state index >= 15 is 0 Å². The first-order valence-electron chi connectivity index (χ1n) is 8.89. The molecule has 0 spiro atoms. The molecule has 150 valence electrons. The summed E-state index contributed by atoms with van der Waals surface area (Å²) >= 11 is 0. The zero-order chi connectivity index (χ0) is 20.7. The molecule has 1 aromatic heterocycles. The van der Waals surface area contributed by atoms with Crippen LogP contribution in [0.2, 0.25) is 0 Å². The molecule has 0 aliphatic carbocycles. The van der Waals surface area contributed by atoms with Gasteiger partial charge in [-0.1, -0.05) is 30.3 Å². The Labute approximate surface area is 169 Å². The van der Waals surface area contributed by atoms with Gasteiger partial charge in [0.15, 0.2) is 0 Å². The van der Waals surface area contributed by atoms with Crippen molar-refractivity contribution in [2.45, 2.75) is 18.0 Å². The van der Waals surface area contributed by atoms with Gasteiger partial charge in [0, 0.05) is 18.3 Å². The number of benzene rings is 2. The quantitative estimate of drug-likeness (QED) is 0.594. The van der Waals surface area contributed by atoms with E-state index in [4.69, 9.17) is 4.74 Å². The maximum absolute atomic E-state index is 12.5. The van der Waals surface area contributed by atoms with Crippen molar-refractivity contribution in [3.63, 3.8) is 0 Å². The number of sulfonamides is 1. The van der Waals surface area contributed by atoms with Gasteiger partial charge in [0.1, 0.15) is 10.6 Å². The third-order valence-electron chi connectivity index (χ3n) is 4.20. The van der Waals surface area contributed by atoms with E-state index in [1.807, 2.05) is 18.2 Å². The molecule has 0 unspecified atom stereocenters. The summed E-state index contributed by atoms with van der Waals surface area (Å²) in [5, 5.41) is 2.80. The molecule has 29 heavy (non-hydrogen) atoms. The number of amides is 1. The Bertz CT molecular complexity index is 1070. The smallest absolute Gasteiger partial charge is 0.251 e. The van der Waals surface area contributed by atoms with Crippen LogP contribution in [-0.2, 0) is 23.1 Å². The lowest BCUT2D eigenvalue weighted by atomic mass is 10.1. The van der Waals surface area contributed by atoms with Gasteiger partial charge < -0.3 is 10.1 Å². The molecule has 0 fully saturated rings. The molecule has 0 saturated carbocycles. The Morgan fingerprint density at radius 2 is 1.69 bits per heavy atom. The van der Waals surface area contributed by atoms with Gasteiger partial charge in [-0.3, -0.25) is 9.78 Å². The summed E-state index contributed by atoms with van der Waals surface area (Å²) in [7, 11) is -2.31. The van der Waals surface area contributed by atoms with Crippen LogP contribution in [0.1, 0.15) is 21.6 Å². The standard InChI is InChI=1S/C21H21N3O4S/c1-28-19-7-2-3-8-20(19)29(26,27)24-14-16-9-11-17(12-10-16)21(25)23-15-18-6-4-5-13-22-18/h2-13,24H,14-15H2,1H3,(H,23,25). The minimum atomic E-state index is -3.73. The Morgan fingerprint density at radius 1 is 0.966 bits per heavy atom. The van der Waals surface area contributed by atoms with Crippen LogP contribution in [0.25, 0.3) is 0 Å². The molecule has 0 bridgehead atoms. The Balaban J connectivity index is 1.59. The lowest BCUT2D eigenvalue weighted by molar-refractivity contribution is 0.0950. The molecule has 0 saturated heterocycles. The number of methoxy groups -OCH3 is 1. The van der Waals surface area contributed by atoms with Gasteiger partial charge in [-0.05, 0) is 42.0 Å². The van der Waals surface area contributed by atoms with Crippen molar-refractivity contribution in [2.75, 3.05) is 7.11 Å².